The summed E-state index contributed by atoms with van der Waals surface area (Å²) < 4.78 is 40.1. The van der Waals surface area contributed by atoms with Crippen LogP contribution in [0.2, 0.25) is 0 Å². The molecule has 0 bridgehead atoms. The van der Waals surface area contributed by atoms with Crippen LogP contribution in [0.25, 0.3) is 11.1 Å². The minimum absolute atomic E-state index is 0.159. The minimum Gasteiger partial charge on any atom is -0.480 e. The number of anilines is 1. The smallest absolute Gasteiger partial charge is 0.413 e. The molecule has 0 radical (unpaired) electrons. The average Bonchev–Trinajstić information content (AvgIpc) is 2.86. The molecule has 190 valence electrons. The highest BCUT2D eigenvalue weighted by Gasteiger charge is 2.38. The Morgan fingerprint density at radius 1 is 1.11 bits per heavy atom. The summed E-state index contributed by atoms with van der Waals surface area (Å²) in [6.07, 6.45) is -1.95. The summed E-state index contributed by atoms with van der Waals surface area (Å²) >= 11 is 1.45. The van der Waals surface area contributed by atoms with Crippen molar-refractivity contribution in [2.24, 2.45) is 4.99 Å². The van der Waals surface area contributed by atoms with Crippen molar-refractivity contribution in [3.8, 4) is 11.1 Å². The molecule has 1 atom stereocenters. The fourth-order valence-corrected chi connectivity index (χ4v) is 4.11. The fraction of sp³-hybridized carbons (Fsp3) is 0.280. The van der Waals surface area contributed by atoms with Gasteiger partial charge in [0.05, 0.1) is 6.54 Å². The number of thioether (sulfide) groups is 1. The van der Waals surface area contributed by atoms with Gasteiger partial charge in [-0.15, -0.1) is 0 Å². The molecule has 2 aromatic rings. The first kappa shape index (κ1) is 27.0. The second kappa shape index (κ2) is 11.9. The van der Waals surface area contributed by atoms with Crippen molar-refractivity contribution in [3.63, 3.8) is 0 Å². The van der Waals surface area contributed by atoms with Crippen molar-refractivity contribution in [1.29, 1.82) is 0 Å². The second-order valence-corrected chi connectivity index (χ2v) is 8.89. The van der Waals surface area contributed by atoms with E-state index >= 15 is 0 Å². The Kier molecular flexibility index (Phi) is 8.92. The molecular weight excluding hydrogens is 495 g/mol. The number of amides is 2. The largest absolute Gasteiger partial charge is 0.480 e. The highest BCUT2D eigenvalue weighted by atomic mass is 32.2. The van der Waals surface area contributed by atoms with Crippen molar-refractivity contribution >= 4 is 41.4 Å². The number of hydrogen-bond acceptors (Lipinski definition) is 5. The quantitative estimate of drug-likeness (QED) is 0.450. The van der Waals surface area contributed by atoms with E-state index in [1.807, 2.05) is 6.26 Å². The van der Waals surface area contributed by atoms with Crippen molar-refractivity contribution in [1.82, 2.24) is 5.32 Å². The molecule has 7 nitrogen and oxygen atoms in total. The number of carboxylic acids is 1. The van der Waals surface area contributed by atoms with E-state index in [1.54, 1.807) is 30.3 Å². The molecule has 1 aliphatic rings. The van der Waals surface area contributed by atoms with E-state index in [2.05, 4.69) is 15.6 Å². The Labute approximate surface area is 209 Å². The van der Waals surface area contributed by atoms with Gasteiger partial charge < -0.3 is 15.7 Å². The van der Waals surface area contributed by atoms with E-state index in [0.717, 1.165) is 6.21 Å². The van der Waals surface area contributed by atoms with Gasteiger partial charge in [-0.25, -0.2) is 4.79 Å². The van der Waals surface area contributed by atoms with Crippen LogP contribution in [-0.2, 0) is 9.59 Å². The highest BCUT2D eigenvalue weighted by molar-refractivity contribution is 7.98. The molecule has 36 heavy (non-hydrogen) atoms. The predicted octanol–water partition coefficient (Wildman–Crippen LogP) is 4.56. The second-order valence-electron chi connectivity index (χ2n) is 7.91. The number of alkyl halides is 3. The Hall–Kier alpha value is -3.60. The van der Waals surface area contributed by atoms with Crippen LogP contribution in [0.15, 0.2) is 64.7 Å². The number of allylic oxidation sites excluding steroid dienone is 1. The molecule has 2 aromatic carbocycles. The van der Waals surface area contributed by atoms with Crippen molar-refractivity contribution in [2.75, 3.05) is 23.9 Å². The maximum Gasteiger partial charge on any atom is 0.413 e. The van der Waals surface area contributed by atoms with Gasteiger partial charge >= 0.3 is 12.1 Å². The normalized spacial score (nSPS) is 14.3. The van der Waals surface area contributed by atoms with Crippen LogP contribution in [0.5, 0.6) is 0 Å². The molecule has 2 amide bonds. The summed E-state index contributed by atoms with van der Waals surface area (Å²) in [6.45, 7) is -0.390. The first-order valence-electron chi connectivity index (χ1n) is 10.9. The van der Waals surface area contributed by atoms with Crippen molar-refractivity contribution in [2.45, 2.75) is 25.1 Å². The molecule has 3 rings (SSSR count). The van der Waals surface area contributed by atoms with E-state index in [-0.39, 0.29) is 24.2 Å². The number of nitrogens with one attached hydrogen (secondary N) is 2. The Morgan fingerprint density at radius 2 is 1.83 bits per heavy atom. The van der Waals surface area contributed by atoms with Gasteiger partial charge in [0.1, 0.15) is 6.04 Å². The molecule has 0 saturated heterocycles. The number of halogens is 3. The predicted molar refractivity (Wildman–Crippen MR) is 133 cm³/mol. The van der Waals surface area contributed by atoms with Gasteiger partial charge in [0.2, 0.25) is 0 Å². The average molecular weight is 520 g/mol. The third-order valence-electron chi connectivity index (χ3n) is 5.48. The van der Waals surface area contributed by atoms with Crippen LogP contribution in [0.3, 0.4) is 0 Å². The van der Waals surface area contributed by atoms with E-state index < -0.39 is 47.6 Å². The third kappa shape index (κ3) is 6.75. The minimum atomic E-state index is -4.66. The molecular formula is C25H24F3N3O4S. The lowest BCUT2D eigenvalue weighted by Crippen LogP contribution is -2.41. The molecule has 0 saturated carbocycles. The van der Waals surface area contributed by atoms with E-state index in [1.165, 1.54) is 30.0 Å². The van der Waals surface area contributed by atoms with Gasteiger partial charge in [-0.3, -0.25) is 14.6 Å². The number of benzene rings is 2. The van der Waals surface area contributed by atoms with Gasteiger partial charge in [-0.05, 0) is 47.8 Å². The third-order valence-corrected chi connectivity index (χ3v) is 6.12. The zero-order chi connectivity index (χ0) is 26.3. The van der Waals surface area contributed by atoms with Crippen LogP contribution in [0.1, 0.15) is 23.2 Å². The monoisotopic (exact) mass is 519 g/mol. The molecule has 0 spiro atoms. The molecule has 3 N–H and O–H groups in total. The fourth-order valence-electron chi connectivity index (χ4n) is 3.64. The van der Waals surface area contributed by atoms with Crippen molar-refractivity contribution < 1.29 is 32.7 Å². The summed E-state index contributed by atoms with van der Waals surface area (Å²) in [6, 6.07) is 11.9. The van der Waals surface area contributed by atoms with Gasteiger partial charge in [0.15, 0.2) is 0 Å². The van der Waals surface area contributed by atoms with Crippen LogP contribution in [0, 0.1) is 0 Å². The molecule has 0 aliphatic carbocycles. The van der Waals surface area contributed by atoms with Crippen LogP contribution < -0.4 is 10.6 Å². The number of aliphatic imine (C=N–C) groups is 1. The van der Waals surface area contributed by atoms with E-state index in [0.29, 0.717) is 16.9 Å². The van der Waals surface area contributed by atoms with Gasteiger partial charge in [0, 0.05) is 35.0 Å². The number of nitrogens with zero attached hydrogens (tertiary/aromatic N) is 1. The van der Waals surface area contributed by atoms with Gasteiger partial charge in [0.25, 0.3) is 11.8 Å². The maximum absolute atomic E-state index is 13.4. The van der Waals surface area contributed by atoms with Crippen LogP contribution >= 0.6 is 11.8 Å². The Balaban J connectivity index is 1.94. The molecule has 11 heteroatoms. The summed E-state index contributed by atoms with van der Waals surface area (Å²) in [7, 11) is 0. The lowest BCUT2D eigenvalue weighted by atomic mass is 9.97. The van der Waals surface area contributed by atoms with Gasteiger partial charge in [-0.1, -0.05) is 30.3 Å². The number of rotatable bonds is 9. The number of hydrogen-bond donors (Lipinski definition) is 3. The topological polar surface area (TPSA) is 108 Å². The maximum atomic E-state index is 13.4. The summed E-state index contributed by atoms with van der Waals surface area (Å²) in [5.74, 6) is -2.18. The van der Waals surface area contributed by atoms with Gasteiger partial charge in [-0.2, -0.15) is 24.9 Å². The lowest BCUT2D eigenvalue weighted by Gasteiger charge is -2.19. The molecule has 1 heterocycles. The first-order valence-corrected chi connectivity index (χ1v) is 12.3. The summed E-state index contributed by atoms with van der Waals surface area (Å²) in [5.41, 5.74) is -0.0904. The molecule has 1 aliphatic heterocycles. The van der Waals surface area contributed by atoms with Crippen molar-refractivity contribution in [3.05, 3.63) is 65.2 Å². The lowest BCUT2D eigenvalue weighted by molar-refractivity contribution is -0.139. The Morgan fingerprint density at radius 3 is 2.47 bits per heavy atom. The van der Waals surface area contributed by atoms with E-state index in [4.69, 9.17) is 0 Å². The Bertz CT molecular complexity index is 1200. The number of aliphatic carboxylic acids is 1. The summed E-state index contributed by atoms with van der Waals surface area (Å²) in [5, 5.41) is 14.5. The van der Waals surface area contributed by atoms with Crippen LogP contribution in [0.4, 0.5) is 18.9 Å². The van der Waals surface area contributed by atoms with E-state index in [9.17, 15) is 32.7 Å². The van der Waals surface area contributed by atoms with Crippen LogP contribution in [-0.4, -0.2) is 59.9 Å². The zero-order valence-corrected chi connectivity index (χ0v) is 20.1. The number of carbonyl (C=O) groups is 3. The molecule has 0 fully saturated rings. The highest BCUT2D eigenvalue weighted by Crippen LogP contribution is 2.33. The number of dihydropyridines is 1. The SMILES string of the molecule is CSCC[C@H](NC(=O)c1ccc(NC(=O)C2=C(C(F)(F)F)CC=NC2)cc1-c1ccccc1)C(=O)O. The molecule has 0 unspecified atom stereocenters. The zero-order valence-electron chi connectivity index (χ0n) is 19.3. The number of carboxylic acid groups (broad SMARTS) is 1. The summed E-state index contributed by atoms with van der Waals surface area (Å²) in [4.78, 5) is 41.1. The first-order chi connectivity index (χ1) is 17.1. The molecule has 0 aromatic heterocycles. The standard InChI is InChI=1S/C25H24F3N3O4S/c1-36-12-10-21(24(34)35)31-22(32)17-8-7-16(13-18(17)15-5-3-2-4-6-15)30-23(33)19-14-29-11-9-20(19)25(26,27)28/h2-8,11,13,21H,9-10,12,14H2,1H3,(H,30,33)(H,31,32)(H,34,35)/t21-/m0/s1. The number of carbonyl (C=O) groups excluding carboxylic acids is 2.